The van der Waals surface area contributed by atoms with Crippen LogP contribution in [0.5, 0.6) is 0 Å². The van der Waals surface area contributed by atoms with Crippen LogP contribution in [0.1, 0.15) is 18.9 Å². The van der Waals surface area contributed by atoms with E-state index in [4.69, 9.17) is 11.6 Å². The highest BCUT2D eigenvalue weighted by Gasteiger charge is 2.07. The molecular formula is C14H15BrClNS. The molecule has 2 rings (SSSR count). The van der Waals surface area contributed by atoms with Gasteiger partial charge in [0.05, 0.1) is 0 Å². The van der Waals surface area contributed by atoms with E-state index in [1.807, 2.05) is 6.07 Å². The summed E-state index contributed by atoms with van der Waals surface area (Å²) in [5.41, 5.74) is 2.32. The molecule has 0 aliphatic heterocycles. The van der Waals surface area contributed by atoms with Gasteiger partial charge >= 0.3 is 0 Å². The molecule has 1 nitrogen and oxygen atoms in total. The van der Waals surface area contributed by atoms with Gasteiger partial charge in [0, 0.05) is 20.9 Å². The molecule has 0 aliphatic carbocycles. The second-order valence-corrected chi connectivity index (χ2v) is 6.26. The van der Waals surface area contributed by atoms with Crippen molar-refractivity contribution in [2.24, 2.45) is 0 Å². The molecule has 1 aromatic carbocycles. The minimum atomic E-state index is 0.830. The molecule has 1 N–H and O–H groups in total. The van der Waals surface area contributed by atoms with Crippen molar-refractivity contribution in [3.8, 4) is 10.4 Å². The fourth-order valence-corrected chi connectivity index (χ4v) is 3.58. The van der Waals surface area contributed by atoms with Gasteiger partial charge in [0.1, 0.15) is 0 Å². The van der Waals surface area contributed by atoms with E-state index in [0.29, 0.717) is 0 Å². The number of benzene rings is 1. The molecule has 4 heteroatoms. The maximum absolute atomic E-state index is 6.33. The van der Waals surface area contributed by atoms with Crippen LogP contribution in [0.2, 0.25) is 5.02 Å². The average molecular weight is 345 g/mol. The van der Waals surface area contributed by atoms with Gasteiger partial charge in [-0.05, 0) is 57.5 Å². The fraction of sp³-hybridized carbons (Fsp3) is 0.286. The van der Waals surface area contributed by atoms with Gasteiger partial charge in [0.25, 0.3) is 0 Å². The molecule has 0 radical (unpaired) electrons. The lowest BCUT2D eigenvalue weighted by Crippen LogP contribution is -2.13. The second-order valence-electron chi connectivity index (χ2n) is 4.08. The minimum Gasteiger partial charge on any atom is -0.313 e. The molecule has 2 aromatic rings. The van der Waals surface area contributed by atoms with Gasteiger partial charge in [-0.2, -0.15) is 0 Å². The average Bonchev–Trinajstić information content (AvgIpc) is 2.78. The van der Waals surface area contributed by atoms with E-state index in [-0.39, 0.29) is 0 Å². The normalized spacial score (nSPS) is 10.8. The number of thiophene rings is 1. The Bertz CT molecular complexity index is 524. The van der Waals surface area contributed by atoms with Gasteiger partial charge in [-0.25, -0.2) is 0 Å². The summed E-state index contributed by atoms with van der Waals surface area (Å²) in [6.07, 6.45) is 1.14. The first-order chi connectivity index (χ1) is 8.72. The molecule has 1 heterocycles. The van der Waals surface area contributed by atoms with Crippen LogP contribution in [-0.2, 0) is 6.54 Å². The summed E-state index contributed by atoms with van der Waals surface area (Å²) in [5.74, 6) is 0. The van der Waals surface area contributed by atoms with Gasteiger partial charge in [-0.15, -0.1) is 11.3 Å². The third kappa shape index (κ3) is 3.35. The van der Waals surface area contributed by atoms with Crippen molar-refractivity contribution in [3.63, 3.8) is 0 Å². The molecule has 96 valence electrons. The predicted molar refractivity (Wildman–Crippen MR) is 84.5 cm³/mol. The Kier molecular flexibility index (Phi) is 5.25. The Labute approximate surface area is 125 Å². The van der Waals surface area contributed by atoms with Crippen LogP contribution >= 0.6 is 38.9 Å². The van der Waals surface area contributed by atoms with E-state index in [0.717, 1.165) is 34.6 Å². The van der Waals surface area contributed by atoms with E-state index in [1.54, 1.807) is 11.3 Å². The van der Waals surface area contributed by atoms with Crippen LogP contribution < -0.4 is 5.32 Å². The Balaban J connectivity index is 2.17. The monoisotopic (exact) mass is 343 g/mol. The van der Waals surface area contributed by atoms with Gasteiger partial charge in [-0.1, -0.05) is 30.7 Å². The summed E-state index contributed by atoms with van der Waals surface area (Å²) in [5, 5.41) is 6.27. The van der Waals surface area contributed by atoms with Crippen molar-refractivity contribution in [1.29, 1.82) is 0 Å². The number of halogens is 2. The fourth-order valence-electron chi connectivity index (χ4n) is 1.73. The first-order valence-electron chi connectivity index (χ1n) is 5.95. The zero-order valence-corrected chi connectivity index (χ0v) is 13.3. The van der Waals surface area contributed by atoms with Crippen molar-refractivity contribution in [2.45, 2.75) is 19.9 Å². The van der Waals surface area contributed by atoms with Crippen LogP contribution in [0.15, 0.2) is 34.1 Å². The molecule has 0 fully saturated rings. The molecule has 0 atom stereocenters. The van der Waals surface area contributed by atoms with Crippen LogP contribution in [0.25, 0.3) is 10.4 Å². The second kappa shape index (κ2) is 6.71. The predicted octanol–water partition coefficient (Wildman–Crippen LogP) is 5.33. The van der Waals surface area contributed by atoms with Crippen LogP contribution in [-0.4, -0.2) is 6.54 Å². The zero-order valence-electron chi connectivity index (χ0n) is 10.2. The van der Waals surface area contributed by atoms with Crippen molar-refractivity contribution in [1.82, 2.24) is 5.32 Å². The van der Waals surface area contributed by atoms with E-state index in [1.165, 1.54) is 10.4 Å². The lowest BCUT2D eigenvalue weighted by molar-refractivity contribution is 0.675. The smallest absolute Gasteiger partial charge is 0.0485 e. The molecule has 0 unspecified atom stereocenters. The minimum absolute atomic E-state index is 0.830. The molecular weight excluding hydrogens is 330 g/mol. The number of nitrogens with one attached hydrogen (secondary N) is 1. The number of hydrogen-bond donors (Lipinski definition) is 1. The first-order valence-corrected chi connectivity index (χ1v) is 8.00. The quantitative estimate of drug-likeness (QED) is 0.723. The maximum atomic E-state index is 6.33. The van der Waals surface area contributed by atoms with Crippen molar-refractivity contribution < 1.29 is 0 Å². The van der Waals surface area contributed by atoms with E-state index >= 15 is 0 Å². The summed E-state index contributed by atoms with van der Waals surface area (Å²) in [6.45, 7) is 4.01. The molecule has 18 heavy (non-hydrogen) atoms. The van der Waals surface area contributed by atoms with Crippen LogP contribution in [0, 0.1) is 0 Å². The van der Waals surface area contributed by atoms with Gasteiger partial charge < -0.3 is 5.32 Å². The van der Waals surface area contributed by atoms with Gasteiger partial charge in [0.2, 0.25) is 0 Å². The molecule has 0 saturated carbocycles. The third-order valence-corrected chi connectivity index (χ3v) is 4.91. The highest BCUT2D eigenvalue weighted by molar-refractivity contribution is 9.10. The molecule has 0 amide bonds. The lowest BCUT2D eigenvalue weighted by Gasteiger charge is -2.08. The SMILES string of the molecule is CCCNCc1ccc(-c2sccc2Br)cc1Cl. The maximum Gasteiger partial charge on any atom is 0.0485 e. The Morgan fingerprint density at radius 1 is 1.33 bits per heavy atom. The first kappa shape index (κ1) is 14.1. The highest BCUT2D eigenvalue weighted by atomic mass is 79.9. The lowest BCUT2D eigenvalue weighted by atomic mass is 10.1. The van der Waals surface area contributed by atoms with Crippen LogP contribution in [0.3, 0.4) is 0 Å². The Hall–Kier alpha value is -0.350. The van der Waals surface area contributed by atoms with Gasteiger partial charge in [-0.3, -0.25) is 0 Å². The summed E-state index contributed by atoms with van der Waals surface area (Å²) in [4.78, 5) is 1.23. The Morgan fingerprint density at radius 3 is 2.78 bits per heavy atom. The van der Waals surface area contributed by atoms with E-state index in [9.17, 15) is 0 Å². The summed E-state index contributed by atoms with van der Waals surface area (Å²) in [7, 11) is 0. The summed E-state index contributed by atoms with van der Waals surface area (Å²) < 4.78 is 1.13. The zero-order chi connectivity index (χ0) is 13.0. The summed E-state index contributed by atoms with van der Waals surface area (Å²) >= 11 is 11.6. The molecule has 1 aromatic heterocycles. The number of rotatable bonds is 5. The van der Waals surface area contributed by atoms with E-state index in [2.05, 4.69) is 51.7 Å². The third-order valence-electron chi connectivity index (χ3n) is 2.67. The van der Waals surface area contributed by atoms with Crippen molar-refractivity contribution in [2.75, 3.05) is 6.54 Å². The molecule has 0 bridgehead atoms. The topological polar surface area (TPSA) is 12.0 Å². The van der Waals surface area contributed by atoms with Crippen LogP contribution in [0.4, 0.5) is 0 Å². The van der Waals surface area contributed by atoms with Gasteiger partial charge in [0.15, 0.2) is 0 Å². The van der Waals surface area contributed by atoms with Crippen molar-refractivity contribution >= 4 is 38.9 Å². The Morgan fingerprint density at radius 2 is 2.17 bits per heavy atom. The standard InChI is InChI=1S/C14H15BrClNS/c1-2-6-17-9-11-4-3-10(8-13(11)16)14-12(15)5-7-18-14/h3-5,7-8,17H,2,6,9H2,1H3. The molecule has 0 spiro atoms. The molecule has 0 saturated heterocycles. The number of hydrogen-bond acceptors (Lipinski definition) is 2. The summed E-state index contributed by atoms with van der Waals surface area (Å²) in [6, 6.07) is 8.34. The van der Waals surface area contributed by atoms with Crippen molar-refractivity contribution in [3.05, 3.63) is 44.7 Å². The highest BCUT2D eigenvalue weighted by Crippen LogP contribution is 2.35. The van der Waals surface area contributed by atoms with E-state index < -0.39 is 0 Å². The molecule has 0 aliphatic rings. The largest absolute Gasteiger partial charge is 0.313 e.